The third-order valence-corrected chi connectivity index (χ3v) is 1.12. The first-order chi connectivity index (χ1) is 4.72. The summed E-state index contributed by atoms with van der Waals surface area (Å²) in [7, 11) is 1.68. The van der Waals surface area contributed by atoms with Crippen molar-refractivity contribution < 1.29 is 4.79 Å². The van der Waals surface area contributed by atoms with Crippen LogP contribution in [0.2, 0.25) is 0 Å². The Morgan fingerprint density at radius 3 is 2.80 bits per heavy atom. The molecule has 2 amide bonds. The molecule has 0 bridgehead atoms. The number of carbonyl (C=O) groups is 1. The second-order valence-corrected chi connectivity index (χ2v) is 2.09. The molecule has 0 fully saturated rings. The summed E-state index contributed by atoms with van der Waals surface area (Å²) in [5, 5.41) is 2.02. The summed E-state index contributed by atoms with van der Waals surface area (Å²) >= 11 is 4.27. The largest absolute Gasteiger partial charge is 0.352 e. The van der Waals surface area contributed by atoms with Gasteiger partial charge in [0.15, 0.2) is 0 Å². The molecule has 0 N–H and O–H groups in total. The van der Waals surface area contributed by atoms with E-state index in [0.29, 0.717) is 6.54 Å². The first-order valence-corrected chi connectivity index (χ1v) is 3.46. The summed E-state index contributed by atoms with van der Waals surface area (Å²) < 4.78 is 0. The Morgan fingerprint density at radius 1 is 1.80 bits per heavy atom. The lowest BCUT2D eigenvalue weighted by Crippen LogP contribution is -2.23. The van der Waals surface area contributed by atoms with Crippen LogP contribution in [0.4, 0.5) is 4.79 Å². The fraction of sp³-hybridized carbons (Fsp3) is 0.667. The zero-order chi connectivity index (χ0) is 7.98. The van der Waals surface area contributed by atoms with Gasteiger partial charge in [0.2, 0.25) is 0 Å². The third kappa shape index (κ3) is 3.33. The molecule has 0 rings (SSSR count). The minimum Gasteiger partial charge on any atom is -0.325 e. The SMILES string of the molecule is CCCN(C)C(=O)N=C=S. The zero-order valence-electron chi connectivity index (χ0n) is 6.13. The molecule has 0 heterocycles. The summed E-state index contributed by atoms with van der Waals surface area (Å²) in [4.78, 5) is 15.6. The Hall–Kier alpha value is -0.730. The van der Waals surface area contributed by atoms with Crippen LogP contribution < -0.4 is 0 Å². The van der Waals surface area contributed by atoms with E-state index in [1.165, 1.54) is 4.90 Å². The average Bonchev–Trinajstić information content (AvgIpc) is 1.89. The van der Waals surface area contributed by atoms with E-state index in [2.05, 4.69) is 17.2 Å². The van der Waals surface area contributed by atoms with Gasteiger partial charge >= 0.3 is 6.03 Å². The maximum absolute atomic E-state index is 10.8. The van der Waals surface area contributed by atoms with Gasteiger partial charge in [0, 0.05) is 13.6 Å². The van der Waals surface area contributed by atoms with Crippen LogP contribution in [0, 0.1) is 0 Å². The van der Waals surface area contributed by atoms with Gasteiger partial charge in [-0.3, -0.25) is 0 Å². The van der Waals surface area contributed by atoms with Gasteiger partial charge in [0.1, 0.15) is 0 Å². The molecule has 0 spiro atoms. The lowest BCUT2D eigenvalue weighted by molar-refractivity contribution is 0.219. The van der Waals surface area contributed by atoms with Crippen LogP contribution in [0.15, 0.2) is 4.99 Å². The fourth-order valence-corrected chi connectivity index (χ4v) is 0.634. The first kappa shape index (κ1) is 9.27. The second kappa shape index (κ2) is 5.09. The number of isothiocyanates is 1. The number of rotatable bonds is 2. The standard InChI is InChI=1S/C6H10N2OS/c1-3-4-8(2)6(9)7-5-10/h3-4H2,1-2H3. The number of hydrogen-bond donors (Lipinski definition) is 0. The third-order valence-electron chi connectivity index (χ3n) is 1.03. The molecular weight excluding hydrogens is 148 g/mol. The van der Waals surface area contributed by atoms with E-state index in [-0.39, 0.29) is 6.03 Å². The van der Waals surface area contributed by atoms with Crippen molar-refractivity contribution in [2.45, 2.75) is 13.3 Å². The van der Waals surface area contributed by atoms with Gasteiger partial charge in [-0.25, -0.2) is 4.79 Å². The number of aliphatic imine (C=N–C) groups is 1. The van der Waals surface area contributed by atoms with Crippen LogP contribution in [-0.2, 0) is 0 Å². The molecule has 0 unspecified atom stereocenters. The highest BCUT2D eigenvalue weighted by Gasteiger charge is 2.02. The molecule has 0 saturated carbocycles. The van der Waals surface area contributed by atoms with Gasteiger partial charge in [-0.2, -0.15) is 0 Å². The highest BCUT2D eigenvalue weighted by molar-refractivity contribution is 7.78. The Kier molecular flexibility index (Phi) is 4.72. The van der Waals surface area contributed by atoms with Gasteiger partial charge in [-0.15, -0.1) is 4.99 Å². The molecule has 0 atom stereocenters. The van der Waals surface area contributed by atoms with E-state index in [1.807, 2.05) is 12.1 Å². The van der Waals surface area contributed by atoms with Gasteiger partial charge < -0.3 is 4.90 Å². The van der Waals surface area contributed by atoms with Crippen LogP contribution in [0.25, 0.3) is 0 Å². The number of hydrogen-bond acceptors (Lipinski definition) is 2. The lowest BCUT2D eigenvalue weighted by atomic mass is 10.4. The molecule has 0 aliphatic carbocycles. The summed E-state index contributed by atoms with van der Waals surface area (Å²) in [6, 6.07) is -0.322. The van der Waals surface area contributed by atoms with Crippen LogP contribution in [-0.4, -0.2) is 29.7 Å². The quantitative estimate of drug-likeness (QED) is 0.451. The highest BCUT2D eigenvalue weighted by atomic mass is 32.1. The average molecular weight is 158 g/mol. The predicted octanol–water partition coefficient (Wildman–Crippen LogP) is 1.55. The summed E-state index contributed by atoms with van der Waals surface area (Å²) in [6.07, 6.45) is 0.926. The first-order valence-electron chi connectivity index (χ1n) is 3.05. The van der Waals surface area contributed by atoms with Crippen LogP contribution in [0.1, 0.15) is 13.3 Å². The van der Waals surface area contributed by atoms with Crippen LogP contribution in [0.5, 0.6) is 0 Å². The fourth-order valence-electron chi connectivity index (χ4n) is 0.555. The number of urea groups is 1. The second-order valence-electron chi connectivity index (χ2n) is 1.91. The van der Waals surface area contributed by atoms with Crippen molar-refractivity contribution in [3.8, 4) is 0 Å². The van der Waals surface area contributed by atoms with Crippen molar-refractivity contribution in [2.24, 2.45) is 4.99 Å². The van der Waals surface area contributed by atoms with Gasteiger partial charge in [-0.05, 0) is 18.6 Å². The Morgan fingerprint density at radius 2 is 2.40 bits per heavy atom. The maximum atomic E-state index is 10.8. The summed E-state index contributed by atoms with van der Waals surface area (Å²) in [6.45, 7) is 2.70. The minimum atomic E-state index is -0.322. The van der Waals surface area contributed by atoms with Crippen LogP contribution >= 0.6 is 12.2 Å². The Labute approximate surface area is 65.7 Å². The van der Waals surface area contributed by atoms with Crippen molar-refractivity contribution >= 4 is 23.4 Å². The minimum absolute atomic E-state index is 0.322. The summed E-state index contributed by atoms with van der Waals surface area (Å²) in [5.74, 6) is 0. The van der Waals surface area contributed by atoms with E-state index in [9.17, 15) is 4.79 Å². The molecular formula is C6H10N2OS. The number of nitrogens with zero attached hydrogens (tertiary/aromatic N) is 2. The number of thiocarbonyl (C=S) groups is 1. The maximum Gasteiger partial charge on any atom is 0.352 e. The van der Waals surface area contributed by atoms with E-state index >= 15 is 0 Å². The van der Waals surface area contributed by atoms with Gasteiger partial charge in [-0.1, -0.05) is 6.92 Å². The molecule has 0 radical (unpaired) electrons. The van der Waals surface area contributed by atoms with Crippen molar-refractivity contribution in [2.75, 3.05) is 13.6 Å². The predicted molar refractivity (Wildman–Crippen MR) is 43.3 cm³/mol. The van der Waals surface area contributed by atoms with E-state index in [4.69, 9.17) is 0 Å². The van der Waals surface area contributed by atoms with Gasteiger partial charge in [0.25, 0.3) is 0 Å². The van der Waals surface area contributed by atoms with Crippen LogP contribution in [0.3, 0.4) is 0 Å². The zero-order valence-corrected chi connectivity index (χ0v) is 6.94. The van der Waals surface area contributed by atoms with Crippen molar-refractivity contribution in [3.05, 3.63) is 0 Å². The molecule has 56 valence electrons. The Balaban J connectivity index is 3.81. The van der Waals surface area contributed by atoms with E-state index in [0.717, 1.165) is 6.42 Å². The molecule has 0 aromatic rings. The monoisotopic (exact) mass is 158 g/mol. The van der Waals surface area contributed by atoms with E-state index < -0.39 is 0 Å². The van der Waals surface area contributed by atoms with E-state index in [1.54, 1.807) is 7.05 Å². The molecule has 0 aromatic heterocycles. The number of amides is 2. The molecule has 0 aliphatic rings. The number of carbonyl (C=O) groups excluding carboxylic acids is 1. The normalized spacial score (nSPS) is 8.20. The van der Waals surface area contributed by atoms with Crippen molar-refractivity contribution in [1.82, 2.24) is 4.90 Å². The molecule has 0 aromatic carbocycles. The van der Waals surface area contributed by atoms with Gasteiger partial charge in [0.05, 0.1) is 5.16 Å². The molecule has 3 nitrogen and oxygen atoms in total. The van der Waals surface area contributed by atoms with Crippen molar-refractivity contribution in [3.63, 3.8) is 0 Å². The smallest absolute Gasteiger partial charge is 0.325 e. The molecule has 0 aliphatic heterocycles. The summed E-state index contributed by atoms with van der Waals surface area (Å²) in [5.41, 5.74) is 0. The van der Waals surface area contributed by atoms with Crippen molar-refractivity contribution in [1.29, 1.82) is 0 Å². The lowest BCUT2D eigenvalue weighted by Gasteiger charge is -2.10. The topological polar surface area (TPSA) is 32.7 Å². The highest BCUT2D eigenvalue weighted by Crippen LogP contribution is 1.89. The molecule has 0 saturated heterocycles. The Bertz CT molecular complexity index is 163. The molecule has 10 heavy (non-hydrogen) atoms. The molecule has 4 heteroatoms.